The number of carbonyl (C=O) groups excluding carboxylic acids is 2. The number of hydrogen-bond donors (Lipinski definition) is 3. The van der Waals surface area contributed by atoms with Gasteiger partial charge in [-0.15, -0.1) is 0 Å². The number of nitrogens with two attached hydrogens (primary N) is 1. The summed E-state index contributed by atoms with van der Waals surface area (Å²) in [6.07, 6.45) is 1.23. The van der Waals surface area contributed by atoms with E-state index in [9.17, 15) is 19.7 Å². The number of carbonyl (C=O) groups is 2. The van der Waals surface area contributed by atoms with Crippen LogP contribution in [-0.2, 0) is 9.59 Å². The molecule has 0 atom stereocenters. The topological polar surface area (TPSA) is 140 Å². The van der Waals surface area contributed by atoms with Gasteiger partial charge in [0.25, 0.3) is 0 Å². The summed E-state index contributed by atoms with van der Waals surface area (Å²) in [6, 6.07) is 6.68. The predicted molar refractivity (Wildman–Crippen MR) is 97.7 cm³/mol. The molecule has 26 heavy (non-hydrogen) atoms. The average molecular weight is 357 g/mol. The molecule has 136 valence electrons. The summed E-state index contributed by atoms with van der Waals surface area (Å²) >= 11 is 0. The van der Waals surface area contributed by atoms with Crippen molar-refractivity contribution in [1.82, 2.24) is 5.32 Å². The van der Waals surface area contributed by atoms with E-state index >= 15 is 0 Å². The molecule has 4 N–H and O–H groups in total. The fraction of sp³-hybridized carbons (Fsp3) is 0.235. The van der Waals surface area contributed by atoms with Crippen molar-refractivity contribution in [2.45, 2.75) is 13.8 Å². The molecule has 0 fully saturated rings. The summed E-state index contributed by atoms with van der Waals surface area (Å²) in [4.78, 5) is 37.9. The number of ketones is 1. The zero-order valence-corrected chi connectivity index (χ0v) is 14.4. The Bertz CT molecular complexity index is 837. The summed E-state index contributed by atoms with van der Waals surface area (Å²) in [6.45, 7) is 4.09. The van der Waals surface area contributed by atoms with Crippen LogP contribution >= 0.6 is 0 Å². The van der Waals surface area contributed by atoms with E-state index < -0.39 is 22.1 Å². The van der Waals surface area contributed by atoms with Crippen LogP contribution in [0.3, 0.4) is 0 Å². The predicted octanol–water partition coefficient (Wildman–Crippen LogP) is 1.28. The van der Waals surface area contributed by atoms with Crippen molar-refractivity contribution < 1.29 is 14.5 Å². The quantitative estimate of drug-likeness (QED) is 0.398. The van der Waals surface area contributed by atoms with Crippen LogP contribution in [0.15, 0.2) is 52.3 Å². The van der Waals surface area contributed by atoms with Crippen LogP contribution in [0.1, 0.15) is 13.8 Å². The molecule has 1 aliphatic carbocycles. The van der Waals surface area contributed by atoms with Crippen LogP contribution < -0.4 is 16.4 Å². The lowest BCUT2D eigenvalue weighted by Gasteiger charge is -2.12. The number of amides is 1. The molecule has 1 aliphatic rings. The molecule has 1 aromatic rings. The highest BCUT2D eigenvalue weighted by Crippen LogP contribution is 2.23. The molecule has 9 nitrogen and oxygen atoms in total. The van der Waals surface area contributed by atoms with Gasteiger partial charge in [-0.2, -0.15) is 0 Å². The first-order valence-electron chi connectivity index (χ1n) is 7.90. The summed E-state index contributed by atoms with van der Waals surface area (Å²) < 4.78 is 0. The van der Waals surface area contributed by atoms with Gasteiger partial charge in [0.05, 0.1) is 17.2 Å². The molecule has 0 aromatic heterocycles. The molecule has 0 spiro atoms. The molecule has 9 heteroatoms. The van der Waals surface area contributed by atoms with E-state index in [4.69, 9.17) is 5.73 Å². The zero-order valence-electron chi connectivity index (χ0n) is 14.4. The lowest BCUT2D eigenvalue weighted by Crippen LogP contribution is -2.29. The Balaban J connectivity index is 2.23. The van der Waals surface area contributed by atoms with Crippen LogP contribution in [0.5, 0.6) is 0 Å². The van der Waals surface area contributed by atoms with Crippen LogP contribution in [0.4, 0.5) is 11.4 Å². The molecule has 1 aromatic carbocycles. The lowest BCUT2D eigenvalue weighted by atomic mass is 9.98. The average Bonchev–Trinajstić information content (AvgIpc) is 2.59. The van der Waals surface area contributed by atoms with E-state index in [1.54, 1.807) is 31.2 Å². The number of allylic oxidation sites excluding steroid dienone is 2. The minimum Gasteiger partial charge on any atom is -0.390 e. The number of aliphatic imine (C=N–C) groups is 1. The standard InChI is InChI=1S/C17H19N5O4/c1-3-19-14(24)9-20-11-4-6-12(7-5-11)21-16-10(2)8-13(23)15(18)17(16)22(25)26/h4-8,20H,3,9,18H2,1-2H3,(H,19,24). The zero-order chi connectivity index (χ0) is 19.3. The van der Waals surface area contributed by atoms with E-state index in [1.807, 2.05) is 6.92 Å². The Labute approximate surface area is 149 Å². The van der Waals surface area contributed by atoms with E-state index in [0.29, 0.717) is 23.5 Å². The Morgan fingerprint density at radius 2 is 1.96 bits per heavy atom. The highest BCUT2D eigenvalue weighted by molar-refractivity contribution is 6.23. The smallest absolute Gasteiger partial charge is 0.321 e. The third kappa shape index (κ3) is 4.32. The van der Waals surface area contributed by atoms with Crippen LogP contribution in [0, 0.1) is 10.1 Å². The Morgan fingerprint density at radius 3 is 2.54 bits per heavy atom. The van der Waals surface area contributed by atoms with Gasteiger partial charge in [0.1, 0.15) is 5.71 Å². The number of nitrogens with one attached hydrogen (secondary N) is 2. The third-order valence-electron chi connectivity index (χ3n) is 3.58. The van der Waals surface area contributed by atoms with Crippen molar-refractivity contribution in [2.75, 3.05) is 18.4 Å². The summed E-state index contributed by atoms with van der Waals surface area (Å²) in [7, 11) is 0. The molecule has 0 bridgehead atoms. The fourth-order valence-corrected chi connectivity index (χ4v) is 2.32. The molecule has 0 heterocycles. The van der Waals surface area contributed by atoms with Crippen LogP contribution in [-0.4, -0.2) is 35.4 Å². The highest BCUT2D eigenvalue weighted by Gasteiger charge is 2.32. The van der Waals surface area contributed by atoms with Crippen molar-refractivity contribution in [2.24, 2.45) is 10.7 Å². The number of rotatable bonds is 6. The van der Waals surface area contributed by atoms with Crippen molar-refractivity contribution in [3.05, 3.63) is 57.4 Å². The van der Waals surface area contributed by atoms with Gasteiger partial charge in [-0.3, -0.25) is 19.7 Å². The monoisotopic (exact) mass is 357 g/mol. The van der Waals surface area contributed by atoms with Gasteiger partial charge in [0.2, 0.25) is 11.7 Å². The largest absolute Gasteiger partial charge is 0.390 e. The maximum absolute atomic E-state index is 11.7. The molecule has 0 saturated heterocycles. The number of benzene rings is 1. The maximum Gasteiger partial charge on any atom is 0.321 e. The summed E-state index contributed by atoms with van der Waals surface area (Å²) in [5.41, 5.74) is 6.22. The van der Waals surface area contributed by atoms with Crippen molar-refractivity contribution in [3.63, 3.8) is 0 Å². The Hall–Kier alpha value is -3.49. The van der Waals surface area contributed by atoms with Gasteiger partial charge in [-0.25, -0.2) is 4.99 Å². The van der Waals surface area contributed by atoms with E-state index in [-0.39, 0.29) is 18.2 Å². The van der Waals surface area contributed by atoms with Crippen LogP contribution in [0.2, 0.25) is 0 Å². The number of likely N-dealkylation sites (N-methyl/N-ethyl adjacent to an activating group) is 1. The molecule has 0 radical (unpaired) electrons. The van der Waals surface area contributed by atoms with Gasteiger partial charge >= 0.3 is 5.70 Å². The number of nitro groups is 1. The summed E-state index contributed by atoms with van der Waals surface area (Å²) in [5.74, 6) is -0.723. The number of nitrogens with zero attached hydrogens (tertiary/aromatic N) is 2. The normalized spacial score (nSPS) is 15.7. The SMILES string of the molecule is CCNC(=O)CNc1ccc(N=C2C(C)=CC(=O)C(N)=C2[N+](=O)[O-])cc1. The summed E-state index contributed by atoms with van der Waals surface area (Å²) in [5, 5.41) is 16.9. The molecule has 0 aliphatic heterocycles. The molecule has 0 saturated carbocycles. The van der Waals surface area contributed by atoms with Gasteiger partial charge < -0.3 is 16.4 Å². The molecule has 1 amide bonds. The first-order chi connectivity index (χ1) is 12.3. The fourth-order valence-electron chi connectivity index (χ4n) is 2.32. The van der Waals surface area contributed by atoms with Gasteiger partial charge in [0, 0.05) is 12.2 Å². The second kappa shape index (κ2) is 8.06. The minimum atomic E-state index is -0.704. The molecule has 2 rings (SSSR count). The van der Waals surface area contributed by atoms with Crippen molar-refractivity contribution in [1.29, 1.82) is 0 Å². The van der Waals surface area contributed by atoms with Crippen LogP contribution in [0.25, 0.3) is 0 Å². The third-order valence-corrected chi connectivity index (χ3v) is 3.58. The second-order valence-electron chi connectivity index (χ2n) is 5.53. The second-order valence-corrected chi connectivity index (χ2v) is 5.53. The van der Waals surface area contributed by atoms with E-state index in [0.717, 1.165) is 0 Å². The number of anilines is 1. The highest BCUT2D eigenvalue weighted by atomic mass is 16.6. The van der Waals surface area contributed by atoms with Crippen molar-refractivity contribution >= 4 is 28.8 Å². The first-order valence-corrected chi connectivity index (χ1v) is 7.90. The number of hydrogen-bond acceptors (Lipinski definition) is 7. The minimum absolute atomic E-state index is 0.0510. The van der Waals surface area contributed by atoms with Gasteiger partial charge in [-0.1, -0.05) is 0 Å². The lowest BCUT2D eigenvalue weighted by molar-refractivity contribution is -0.416. The van der Waals surface area contributed by atoms with Gasteiger partial charge in [-0.05, 0) is 49.8 Å². The molecular weight excluding hydrogens is 338 g/mol. The van der Waals surface area contributed by atoms with E-state index in [2.05, 4.69) is 15.6 Å². The first kappa shape index (κ1) is 18.8. The van der Waals surface area contributed by atoms with E-state index in [1.165, 1.54) is 6.08 Å². The Morgan fingerprint density at radius 1 is 1.31 bits per heavy atom. The van der Waals surface area contributed by atoms with Gasteiger partial charge in [0.15, 0.2) is 5.70 Å². The molecule has 0 unspecified atom stereocenters. The Kier molecular flexibility index (Phi) is 5.84. The van der Waals surface area contributed by atoms with Crippen molar-refractivity contribution in [3.8, 4) is 0 Å². The maximum atomic E-state index is 11.7. The molecular formula is C17H19N5O4.